The van der Waals surface area contributed by atoms with Gasteiger partial charge in [0.2, 0.25) is 5.82 Å². The van der Waals surface area contributed by atoms with Crippen LogP contribution >= 0.6 is 0 Å². The molecule has 1 aliphatic rings. The van der Waals surface area contributed by atoms with E-state index in [-0.39, 0.29) is 12.1 Å². The normalized spacial score (nSPS) is 16.6. The largest absolute Gasteiger partial charge is 0.334 e. The summed E-state index contributed by atoms with van der Waals surface area (Å²) < 4.78 is 5.75. The maximum Gasteiger partial charge on any atom is 0.322 e. The average molecular weight is 431 g/mol. The molecule has 6 nitrogen and oxygen atoms in total. The van der Waals surface area contributed by atoms with E-state index in [1.165, 1.54) is 11.1 Å². The molecule has 32 heavy (non-hydrogen) atoms. The Morgan fingerprint density at radius 1 is 1.06 bits per heavy atom. The number of benzene rings is 2. The minimum absolute atomic E-state index is 0.0991. The second kappa shape index (κ2) is 8.99. The van der Waals surface area contributed by atoms with E-state index in [9.17, 15) is 4.79 Å². The molecule has 2 aromatic carbocycles. The molecular weight excluding hydrogens is 400 g/mol. The van der Waals surface area contributed by atoms with Crippen LogP contribution in [0.3, 0.4) is 0 Å². The highest BCUT2D eigenvalue weighted by atomic mass is 16.5. The van der Waals surface area contributed by atoms with Crippen LogP contribution in [0.15, 0.2) is 58.8 Å². The fraction of sp³-hybridized carbons (Fsp3) is 0.346. The molecule has 0 spiro atoms. The van der Waals surface area contributed by atoms with Crippen LogP contribution in [0.4, 0.5) is 4.79 Å². The van der Waals surface area contributed by atoms with E-state index in [0.717, 1.165) is 28.8 Å². The molecule has 2 heterocycles. The van der Waals surface area contributed by atoms with Gasteiger partial charge in [-0.1, -0.05) is 67.5 Å². The van der Waals surface area contributed by atoms with Crippen molar-refractivity contribution in [2.75, 3.05) is 6.54 Å². The number of aromatic nitrogens is 2. The summed E-state index contributed by atoms with van der Waals surface area (Å²) in [6.07, 6.45) is 0.908. The summed E-state index contributed by atoms with van der Waals surface area (Å²) in [6.45, 7) is 11.1. The Labute approximate surface area is 189 Å². The Morgan fingerprint density at radius 2 is 1.81 bits per heavy atom. The van der Waals surface area contributed by atoms with Crippen molar-refractivity contribution in [1.29, 1.82) is 0 Å². The molecule has 0 saturated carbocycles. The number of nitrogens with one attached hydrogen (secondary N) is 1. The monoisotopic (exact) mass is 430 g/mol. The lowest BCUT2D eigenvalue weighted by Crippen LogP contribution is -2.46. The van der Waals surface area contributed by atoms with Gasteiger partial charge in [-0.3, -0.25) is 4.90 Å². The van der Waals surface area contributed by atoms with Gasteiger partial charge in [0, 0.05) is 17.8 Å². The van der Waals surface area contributed by atoms with Gasteiger partial charge in [-0.05, 0) is 49.8 Å². The molecule has 2 amide bonds. The van der Waals surface area contributed by atoms with Crippen LogP contribution in [0.2, 0.25) is 0 Å². The molecule has 1 unspecified atom stereocenters. The van der Waals surface area contributed by atoms with Crippen molar-refractivity contribution >= 4 is 11.6 Å². The molecule has 0 aliphatic carbocycles. The number of allylic oxidation sites excluding steroid dienone is 1. The zero-order chi connectivity index (χ0) is 22.8. The third-order valence-electron chi connectivity index (χ3n) is 6.08. The highest BCUT2D eigenvalue weighted by molar-refractivity contribution is 5.87. The number of amides is 2. The zero-order valence-corrected chi connectivity index (χ0v) is 19.3. The summed E-state index contributed by atoms with van der Waals surface area (Å²) in [5.41, 5.74) is 5.96. The van der Waals surface area contributed by atoms with Crippen molar-refractivity contribution in [2.24, 2.45) is 5.92 Å². The Kier molecular flexibility index (Phi) is 6.12. The van der Waals surface area contributed by atoms with E-state index in [4.69, 9.17) is 9.51 Å². The molecule has 0 radical (unpaired) electrons. The first-order valence-corrected chi connectivity index (χ1v) is 11.1. The number of carbonyl (C=O) groups excluding carboxylic acids is 1. The maximum absolute atomic E-state index is 13.1. The zero-order valence-electron chi connectivity index (χ0n) is 19.3. The number of carbonyl (C=O) groups is 1. The van der Waals surface area contributed by atoms with Crippen molar-refractivity contribution in [3.05, 3.63) is 76.8 Å². The van der Waals surface area contributed by atoms with E-state index in [1.807, 2.05) is 37.3 Å². The predicted octanol–water partition coefficient (Wildman–Crippen LogP) is 5.90. The Balaban J connectivity index is 1.80. The van der Waals surface area contributed by atoms with Crippen LogP contribution in [0.5, 0.6) is 0 Å². The van der Waals surface area contributed by atoms with Crippen LogP contribution in [0, 0.1) is 19.8 Å². The standard InChI is InChI=1S/C26H30N4O2/c1-16(2)13-14-30-19(5)22(25-28-24(29-32-25)20-9-7-6-8-10-20)23(27-26(30)31)21-12-11-17(3)18(4)15-21/h6-12,15-16,23H,13-14H2,1-5H3,(H,27,31). The molecule has 1 aliphatic heterocycles. The van der Waals surface area contributed by atoms with Gasteiger partial charge in [-0.15, -0.1) is 0 Å². The van der Waals surface area contributed by atoms with Crippen LogP contribution in [0.1, 0.15) is 55.8 Å². The second-order valence-electron chi connectivity index (χ2n) is 8.85. The van der Waals surface area contributed by atoms with E-state index < -0.39 is 0 Å². The first-order chi connectivity index (χ1) is 15.3. The smallest absolute Gasteiger partial charge is 0.322 e. The summed E-state index contributed by atoms with van der Waals surface area (Å²) in [7, 11) is 0. The number of hydrogen-bond acceptors (Lipinski definition) is 4. The highest BCUT2D eigenvalue weighted by Gasteiger charge is 2.35. The number of rotatable bonds is 6. The van der Waals surface area contributed by atoms with Gasteiger partial charge < -0.3 is 9.84 Å². The number of hydrogen-bond donors (Lipinski definition) is 1. The summed E-state index contributed by atoms with van der Waals surface area (Å²) in [5.74, 6) is 1.45. The fourth-order valence-electron chi connectivity index (χ4n) is 3.95. The molecule has 4 rings (SSSR count). The van der Waals surface area contributed by atoms with Crippen molar-refractivity contribution < 1.29 is 9.32 Å². The topological polar surface area (TPSA) is 71.3 Å². The molecule has 0 saturated heterocycles. The summed E-state index contributed by atoms with van der Waals surface area (Å²) in [6, 6.07) is 15.5. The number of urea groups is 1. The third-order valence-corrected chi connectivity index (χ3v) is 6.08. The molecule has 0 bridgehead atoms. The lowest BCUT2D eigenvalue weighted by atomic mass is 9.92. The van der Waals surface area contributed by atoms with Crippen molar-refractivity contribution in [3.8, 4) is 11.4 Å². The van der Waals surface area contributed by atoms with E-state index >= 15 is 0 Å². The molecular formula is C26H30N4O2. The quantitative estimate of drug-likeness (QED) is 0.529. The molecule has 1 N–H and O–H groups in total. The van der Waals surface area contributed by atoms with Crippen LogP contribution in [-0.2, 0) is 0 Å². The van der Waals surface area contributed by atoms with Crippen molar-refractivity contribution in [1.82, 2.24) is 20.4 Å². The third kappa shape index (κ3) is 4.31. The van der Waals surface area contributed by atoms with Crippen molar-refractivity contribution in [2.45, 2.75) is 47.1 Å². The highest BCUT2D eigenvalue weighted by Crippen LogP contribution is 2.38. The average Bonchev–Trinajstić information content (AvgIpc) is 3.25. The second-order valence-corrected chi connectivity index (χ2v) is 8.85. The molecule has 3 aromatic rings. The van der Waals surface area contributed by atoms with Gasteiger partial charge in [0.1, 0.15) is 0 Å². The van der Waals surface area contributed by atoms with Crippen LogP contribution in [-0.4, -0.2) is 27.6 Å². The number of aryl methyl sites for hydroxylation is 2. The first kappa shape index (κ1) is 21.8. The lowest BCUT2D eigenvalue weighted by molar-refractivity contribution is 0.202. The van der Waals surface area contributed by atoms with Gasteiger partial charge in [-0.2, -0.15) is 4.98 Å². The fourth-order valence-corrected chi connectivity index (χ4v) is 3.95. The van der Waals surface area contributed by atoms with Crippen LogP contribution < -0.4 is 5.32 Å². The first-order valence-electron chi connectivity index (χ1n) is 11.1. The minimum atomic E-state index is -0.360. The van der Waals surface area contributed by atoms with Gasteiger partial charge >= 0.3 is 6.03 Å². The van der Waals surface area contributed by atoms with Gasteiger partial charge in [0.05, 0.1) is 11.6 Å². The Bertz CT molecular complexity index is 1150. The molecule has 166 valence electrons. The molecule has 6 heteroatoms. The molecule has 1 aromatic heterocycles. The van der Waals surface area contributed by atoms with E-state index in [1.54, 1.807) is 4.90 Å². The SMILES string of the molecule is CC1=C(c2nc(-c3ccccc3)no2)C(c2ccc(C)c(C)c2)NC(=O)N1CCC(C)C. The van der Waals surface area contributed by atoms with Crippen molar-refractivity contribution in [3.63, 3.8) is 0 Å². The Morgan fingerprint density at radius 3 is 2.50 bits per heavy atom. The van der Waals surface area contributed by atoms with Crippen LogP contribution in [0.25, 0.3) is 17.0 Å². The van der Waals surface area contributed by atoms with E-state index in [0.29, 0.717) is 24.2 Å². The lowest BCUT2D eigenvalue weighted by Gasteiger charge is -2.35. The maximum atomic E-state index is 13.1. The molecule has 0 fully saturated rings. The number of nitrogens with zero attached hydrogens (tertiary/aromatic N) is 3. The van der Waals surface area contributed by atoms with Gasteiger partial charge in [-0.25, -0.2) is 4.79 Å². The van der Waals surface area contributed by atoms with Gasteiger partial charge in [0.15, 0.2) is 0 Å². The summed E-state index contributed by atoms with van der Waals surface area (Å²) in [5, 5.41) is 7.41. The predicted molar refractivity (Wildman–Crippen MR) is 126 cm³/mol. The summed E-state index contributed by atoms with van der Waals surface area (Å²) in [4.78, 5) is 19.6. The van der Waals surface area contributed by atoms with Gasteiger partial charge in [0.25, 0.3) is 5.89 Å². The summed E-state index contributed by atoms with van der Waals surface area (Å²) >= 11 is 0. The molecule has 1 atom stereocenters. The Hall–Kier alpha value is -3.41. The van der Waals surface area contributed by atoms with E-state index in [2.05, 4.69) is 56.4 Å². The minimum Gasteiger partial charge on any atom is -0.334 e.